The number of aromatic nitrogens is 2. The first-order valence-corrected chi connectivity index (χ1v) is 9.59. The molecule has 0 aliphatic rings. The van der Waals surface area contributed by atoms with Crippen molar-refractivity contribution in [2.75, 3.05) is 6.61 Å². The highest BCUT2D eigenvalue weighted by Gasteiger charge is 2.15. The molecule has 5 nitrogen and oxygen atoms in total. The van der Waals surface area contributed by atoms with Crippen molar-refractivity contribution in [2.45, 2.75) is 20.3 Å². The molecule has 3 rings (SSSR count). The monoisotopic (exact) mass is 408 g/mol. The number of carbonyl (C=O) groups is 1. The molecule has 0 saturated carbocycles. The third-order valence-electron chi connectivity index (χ3n) is 4.21. The van der Waals surface area contributed by atoms with Crippen LogP contribution in [0.1, 0.15) is 28.5 Å². The van der Waals surface area contributed by atoms with Gasteiger partial charge in [-0.05, 0) is 68.8 Å². The normalized spacial score (nSPS) is 10.4. The Kier molecular flexibility index (Phi) is 6.62. The molecule has 3 aromatic rings. The first-order valence-electron chi connectivity index (χ1n) is 9.21. The van der Waals surface area contributed by atoms with Crippen molar-refractivity contribution in [3.05, 3.63) is 83.0 Å². The van der Waals surface area contributed by atoms with Gasteiger partial charge in [-0.25, -0.2) is 9.78 Å². The van der Waals surface area contributed by atoms with Gasteiger partial charge in [0.15, 0.2) is 5.82 Å². The summed E-state index contributed by atoms with van der Waals surface area (Å²) in [7, 11) is 0. The van der Waals surface area contributed by atoms with Crippen molar-refractivity contribution < 1.29 is 14.3 Å². The first kappa shape index (κ1) is 20.6. The Morgan fingerprint density at radius 2 is 1.79 bits per heavy atom. The van der Waals surface area contributed by atoms with E-state index in [1.807, 2.05) is 19.1 Å². The molecule has 29 heavy (non-hydrogen) atoms. The lowest BCUT2D eigenvalue weighted by atomic mass is 10.1. The predicted molar refractivity (Wildman–Crippen MR) is 114 cm³/mol. The lowest BCUT2D eigenvalue weighted by Gasteiger charge is -2.13. The van der Waals surface area contributed by atoms with E-state index >= 15 is 0 Å². The first-order chi connectivity index (χ1) is 14.0. The lowest BCUT2D eigenvalue weighted by Crippen LogP contribution is -2.05. The maximum absolute atomic E-state index is 11.8. The summed E-state index contributed by atoms with van der Waals surface area (Å²) >= 11 is 5.98. The van der Waals surface area contributed by atoms with Crippen molar-refractivity contribution >= 4 is 17.6 Å². The second-order valence-corrected chi connectivity index (χ2v) is 6.70. The van der Waals surface area contributed by atoms with Gasteiger partial charge >= 0.3 is 5.97 Å². The fourth-order valence-corrected chi connectivity index (χ4v) is 2.87. The Bertz CT molecular complexity index is 1020. The molecular formula is C23H21ClN2O3. The molecule has 0 saturated heterocycles. The van der Waals surface area contributed by atoms with Gasteiger partial charge in [0, 0.05) is 21.8 Å². The zero-order valence-corrected chi connectivity index (χ0v) is 17.1. The summed E-state index contributed by atoms with van der Waals surface area (Å²) < 4.78 is 11.1. The highest BCUT2D eigenvalue weighted by atomic mass is 35.5. The maximum atomic E-state index is 11.8. The molecule has 1 heterocycles. The van der Waals surface area contributed by atoms with Crippen LogP contribution < -0.4 is 4.74 Å². The smallest absolute Gasteiger partial charge is 0.338 e. The number of hydrogen-bond donors (Lipinski definition) is 0. The zero-order chi connectivity index (χ0) is 20.8. The standard InChI is InChI=1S/C23H21ClN2O3/c1-4-6-20-15(3)25-21(16-7-11-18(24)12-8-16)26-22(20)29-19-13-9-17(10-14-19)23(27)28-5-2/h4,7-14H,1,5-6H2,2-3H3. The Morgan fingerprint density at radius 3 is 2.41 bits per heavy atom. The summed E-state index contributed by atoms with van der Waals surface area (Å²) in [4.78, 5) is 21.0. The number of aryl methyl sites for hydroxylation is 1. The molecule has 0 fully saturated rings. The molecular weight excluding hydrogens is 388 g/mol. The molecule has 0 N–H and O–H groups in total. The van der Waals surface area contributed by atoms with Gasteiger partial charge in [0.1, 0.15) is 5.75 Å². The molecule has 0 aliphatic heterocycles. The van der Waals surface area contributed by atoms with E-state index in [2.05, 4.69) is 16.5 Å². The molecule has 2 aromatic carbocycles. The van der Waals surface area contributed by atoms with E-state index in [1.54, 1.807) is 49.4 Å². The summed E-state index contributed by atoms with van der Waals surface area (Å²) in [5, 5.41) is 0.645. The van der Waals surface area contributed by atoms with Crippen molar-refractivity contribution in [2.24, 2.45) is 0 Å². The average molecular weight is 409 g/mol. The van der Waals surface area contributed by atoms with Crippen LogP contribution in [0.3, 0.4) is 0 Å². The van der Waals surface area contributed by atoms with Crippen LogP contribution in [0, 0.1) is 6.92 Å². The minimum atomic E-state index is -0.366. The molecule has 0 bridgehead atoms. The molecule has 0 unspecified atom stereocenters. The minimum Gasteiger partial charge on any atom is -0.462 e. The van der Waals surface area contributed by atoms with Crippen molar-refractivity contribution in [3.63, 3.8) is 0 Å². The zero-order valence-electron chi connectivity index (χ0n) is 16.3. The van der Waals surface area contributed by atoms with E-state index < -0.39 is 0 Å². The Labute approximate surface area is 175 Å². The van der Waals surface area contributed by atoms with Crippen LogP contribution >= 0.6 is 11.6 Å². The van der Waals surface area contributed by atoms with Crippen LogP contribution in [0.2, 0.25) is 5.02 Å². The van der Waals surface area contributed by atoms with Gasteiger partial charge in [0.05, 0.1) is 12.2 Å². The summed E-state index contributed by atoms with van der Waals surface area (Å²) in [5.74, 6) is 1.19. The average Bonchev–Trinajstić information content (AvgIpc) is 2.71. The summed E-state index contributed by atoms with van der Waals surface area (Å²) in [6.45, 7) is 7.82. The highest BCUT2D eigenvalue weighted by Crippen LogP contribution is 2.29. The number of halogens is 1. The number of ether oxygens (including phenoxy) is 2. The fraction of sp³-hybridized carbons (Fsp3) is 0.174. The number of hydrogen-bond acceptors (Lipinski definition) is 5. The number of nitrogens with zero attached hydrogens (tertiary/aromatic N) is 2. The van der Waals surface area contributed by atoms with Gasteiger partial charge in [-0.3, -0.25) is 0 Å². The molecule has 0 atom stereocenters. The topological polar surface area (TPSA) is 61.3 Å². The molecule has 0 spiro atoms. The van der Waals surface area contributed by atoms with Gasteiger partial charge in [-0.1, -0.05) is 17.7 Å². The van der Waals surface area contributed by atoms with Gasteiger partial charge in [0.2, 0.25) is 5.88 Å². The van der Waals surface area contributed by atoms with E-state index in [0.29, 0.717) is 41.1 Å². The Morgan fingerprint density at radius 1 is 1.10 bits per heavy atom. The van der Waals surface area contributed by atoms with E-state index in [1.165, 1.54) is 0 Å². The van der Waals surface area contributed by atoms with Crippen molar-refractivity contribution in [1.29, 1.82) is 0 Å². The lowest BCUT2D eigenvalue weighted by molar-refractivity contribution is 0.0526. The van der Waals surface area contributed by atoms with Gasteiger partial charge in [-0.15, -0.1) is 6.58 Å². The largest absolute Gasteiger partial charge is 0.462 e. The number of allylic oxidation sites excluding steroid dienone is 1. The quantitative estimate of drug-likeness (QED) is 0.365. The van der Waals surface area contributed by atoms with Crippen LogP contribution in [-0.2, 0) is 11.2 Å². The molecule has 0 amide bonds. The second kappa shape index (κ2) is 9.34. The predicted octanol–water partition coefficient (Wildman–Crippen LogP) is 5.80. The molecule has 148 valence electrons. The number of esters is 1. The van der Waals surface area contributed by atoms with Gasteiger partial charge in [0.25, 0.3) is 0 Å². The SMILES string of the molecule is C=CCc1c(C)nc(-c2ccc(Cl)cc2)nc1Oc1ccc(C(=O)OCC)cc1. The summed E-state index contributed by atoms with van der Waals surface area (Å²) in [6.07, 6.45) is 2.35. The third-order valence-corrected chi connectivity index (χ3v) is 4.46. The second-order valence-electron chi connectivity index (χ2n) is 6.26. The molecule has 1 aromatic heterocycles. The van der Waals surface area contributed by atoms with Crippen LogP contribution in [0.15, 0.2) is 61.2 Å². The van der Waals surface area contributed by atoms with Crippen molar-refractivity contribution in [3.8, 4) is 23.0 Å². The molecule has 0 aliphatic carbocycles. The van der Waals surface area contributed by atoms with E-state index in [4.69, 9.17) is 21.1 Å². The van der Waals surface area contributed by atoms with Crippen LogP contribution in [0.25, 0.3) is 11.4 Å². The van der Waals surface area contributed by atoms with Crippen LogP contribution in [0.5, 0.6) is 11.6 Å². The highest BCUT2D eigenvalue weighted by molar-refractivity contribution is 6.30. The minimum absolute atomic E-state index is 0.329. The number of rotatable bonds is 7. The summed E-state index contributed by atoms with van der Waals surface area (Å²) in [6, 6.07) is 14.1. The van der Waals surface area contributed by atoms with E-state index in [0.717, 1.165) is 16.8 Å². The van der Waals surface area contributed by atoms with Crippen LogP contribution in [-0.4, -0.2) is 22.5 Å². The molecule has 6 heteroatoms. The molecule has 0 radical (unpaired) electrons. The summed E-state index contributed by atoms with van der Waals surface area (Å²) in [5.41, 5.74) is 2.96. The van der Waals surface area contributed by atoms with Gasteiger partial charge in [-0.2, -0.15) is 4.98 Å². The van der Waals surface area contributed by atoms with E-state index in [9.17, 15) is 4.79 Å². The van der Waals surface area contributed by atoms with Crippen LogP contribution in [0.4, 0.5) is 0 Å². The van der Waals surface area contributed by atoms with Crippen molar-refractivity contribution in [1.82, 2.24) is 9.97 Å². The number of carbonyl (C=O) groups excluding carboxylic acids is 1. The van der Waals surface area contributed by atoms with E-state index in [-0.39, 0.29) is 5.97 Å². The number of benzene rings is 2. The third kappa shape index (κ3) is 5.00. The Hall–Kier alpha value is -3.18. The Balaban J connectivity index is 1.95. The fourth-order valence-electron chi connectivity index (χ4n) is 2.75. The maximum Gasteiger partial charge on any atom is 0.338 e. The van der Waals surface area contributed by atoms with Gasteiger partial charge < -0.3 is 9.47 Å².